The van der Waals surface area contributed by atoms with Crippen molar-refractivity contribution in [2.75, 3.05) is 0 Å². The molecule has 18 heavy (non-hydrogen) atoms. The highest BCUT2D eigenvalue weighted by Gasteiger charge is 2.21. The molecule has 0 spiro atoms. The molecule has 0 amide bonds. The van der Waals surface area contributed by atoms with Crippen molar-refractivity contribution in [2.45, 2.75) is 59.2 Å². The molecule has 0 aromatic carbocycles. The van der Waals surface area contributed by atoms with Gasteiger partial charge in [-0.25, -0.2) is 9.37 Å². The van der Waals surface area contributed by atoms with Crippen LogP contribution in [0.15, 0.2) is 12.3 Å². The Hall–Kier alpha value is -1.16. The van der Waals surface area contributed by atoms with E-state index in [1.807, 2.05) is 34.6 Å². The van der Waals surface area contributed by atoms with Crippen molar-refractivity contribution in [1.29, 1.82) is 0 Å². The third kappa shape index (κ3) is 4.26. The van der Waals surface area contributed by atoms with Gasteiger partial charge in [-0.1, -0.05) is 20.8 Å². The van der Waals surface area contributed by atoms with E-state index in [1.54, 1.807) is 12.3 Å². The number of ether oxygens (including phenoxy) is 1. The van der Waals surface area contributed by atoms with Crippen molar-refractivity contribution in [3.05, 3.63) is 23.6 Å². The van der Waals surface area contributed by atoms with Crippen LogP contribution in [0, 0.1) is 5.82 Å². The van der Waals surface area contributed by atoms with Gasteiger partial charge in [-0.2, -0.15) is 0 Å². The average molecular weight is 254 g/mol. The molecule has 1 heterocycles. The molecule has 0 aliphatic heterocycles. The number of nitrogens with one attached hydrogen (secondary N) is 1. The molecule has 0 unspecified atom stereocenters. The summed E-state index contributed by atoms with van der Waals surface area (Å²) in [4.78, 5) is 3.97. The Labute approximate surface area is 109 Å². The third-order valence-electron chi connectivity index (χ3n) is 2.86. The molecule has 0 fully saturated rings. The number of hydrogen-bond donors (Lipinski definition) is 1. The molecule has 3 nitrogen and oxygen atoms in total. The molecule has 0 bridgehead atoms. The molecule has 4 heteroatoms. The molecular weight excluding hydrogens is 231 g/mol. The molecule has 0 aliphatic carbocycles. The minimum atomic E-state index is -0.405. The number of aromatic nitrogens is 1. The average Bonchev–Trinajstić information content (AvgIpc) is 2.30. The lowest BCUT2D eigenvalue weighted by Crippen LogP contribution is -2.28. The fourth-order valence-electron chi connectivity index (χ4n) is 1.32. The van der Waals surface area contributed by atoms with Crippen LogP contribution in [0.25, 0.3) is 0 Å². The highest BCUT2D eigenvalue weighted by atomic mass is 19.1. The van der Waals surface area contributed by atoms with Gasteiger partial charge in [-0.3, -0.25) is 0 Å². The molecule has 1 aromatic rings. The Kier molecular flexibility index (Phi) is 5.08. The first-order valence-electron chi connectivity index (χ1n) is 6.41. The van der Waals surface area contributed by atoms with Gasteiger partial charge in [0.15, 0.2) is 5.82 Å². The SMILES string of the molecule is CCC(C)(C)Oc1nccc(CNC(C)C)c1F. The van der Waals surface area contributed by atoms with Gasteiger partial charge < -0.3 is 10.1 Å². The highest BCUT2D eigenvalue weighted by molar-refractivity contribution is 5.24. The number of rotatable bonds is 6. The second kappa shape index (κ2) is 6.14. The molecule has 1 N–H and O–H groups in total. The Balaban J connectivity index is 2.85. The number of hydrogen-bond acceptors (Lipinski definition) is 3. The van der Waals surface area contributed by atoms with Crippen LogP contribution in [0.1, 0.15) is 46.6 Å². The predicted molar refractivity (Wildman–Crippen MR) is 71.2 cm³/mol. The molecule has 0 saturated carbocycles. The van der Waals surface area contributed by atoms with E-state index in [0.29, 0.717) is 18.2 Å². The maximum atomic E-state index is 14.2. The Morgan fingerprint density at radius 1 is 1.44 bits per heavy atom. The van der Waals surface area contributed by atoms with Crippen LogP contribution in [0.5, 0.6) is 5.88 Å². The summed E-state index contributed by atoms with van der Waals surface area (Å²) in [6, 6.07) is 1.99. The lowest BCUT2D eigenvalue weighted by molar-refractivity contribution is 0.0926. The molecule has 0 atom stereocenters. The Bertz CT molecular complexity index is 391. The number of nitrogens with zero attached hydrogens (tertiary/aromatic N) is 1. The monoisotopic (exact) mass is 254 g/mol. The third-order valence-corrected chi connectivity index (χ3v) is 2.86. The Morgan fingerprint density at radius 3 is 2.67 bits per heavy atom. The summed E-state index contributed by atoms with van der Waals surface area (Å²) in [5.74, 6) is -0.280. The zero-order valence-electron chi connectivity index (χ0n) is 11.9. The van der Waals surface area contributed by atoms with E-state index >= 15 is 0 Å². The van der Waals surface area contributed by atoms with Crippen LogP contribution in [0.2, 0.25) is 0 Å². The van der Waals surface area contributed by atoms with Crippen LogP contribution in [0.4, 0.5) is 4.39 Å². The van der Waals surface area contributed by atoms with Crippen molar-refractivity contribution in [3.63, 3.8) is 0 Å². The fraction of sp³-hybridized carbons (Fsp3) is 0.643. The van der Waals surface area contributed by atoms with Crippen molar-refractivity contribution in [1.82, 2.24) is 10.3 Å². The fourth-order valence-corrected chi connectivity index (χ4v) is 1.32. The first-order chi connectivity index (χ1) is 8.35. The molecule has 0 radical (unpaired) electrons. The maximum Gasteiger partial charge on any atom is 0.251 e. The van der Waals surface area contributed by atoms with Crippen molar-refractivity contribution < 1.29 is 9.13 Å². The van der Waals surface area contributed by atoms with E-state index in [4.69, 9.17) is 4.74 Å². The normalized spacial score (nSPS) is 11.9. The topological polar surface area (TPSA) is 34.1 Å². The zero-order chi connectivity index (χ0) is 13.8. The first kappa shape index (κ1) is 14.9. The smallest absolute Gasteiger partial charge is 0.251 e. The van der Waals surface area contributed by atoms with Gasteiger partial charge in [0, 0.05) is 24.3 Å². The summed E-state index contributed by atoms with van der Waals surface area (Å²) in [7, 11) is 0. The van der Waals surface area contributed by atoms with Crippen molar-refractivity contribution in [3.8, 4) is 5.88 Å². The van der Waals surface area contributed by atoms with Gasteiger partial charge in [0.25, 0.3) is 5.88 Å². The molecule has 1 rings (SSSR count). The van der Waals surface area contributed by atoms with Crippen LogP contribution in [0.3, 0.4) is 0 Å². The van der Waals surface area contributed by atoms with Crippen molar-refractivity contribution >= 4 is 0 Å². The summed E-state index contributed by atoms with van der Waals surface area (Å²) in [5, 5.41) is 3.18. The molecular formula is C14H23FN2O. The second-order valence-corrected chi connectivity index (χ2v) is 5.34. The van der Waals surface area contributed by atoms with Crippen LogP contribution < -0.4 is 10.1 Å². The second-order valence-electron chi connectivity index (χ2n) is 5.34. The molecule has 102 valence electrons. The van der Waals surface area contributed by atoms with E-state index in [0.717, 1.165) is 6.42 Å². The molecule has 0 aliphatic rings. The quantitative estimate of drug-likeness (QED) is 0.846. The minimum Gasteiger partial charge on any atom is -0.470 e. The first-order valence-corrected chi connectivity index (χ1v) is 6.41. The number of pyridine rings is 1. The van der Waals surface area contributed by atoms with Crippen LogP contribution in [-0.4, -0.2) is 16.6 Å². The Morgan fingerprint density at radius 2 is 2.11 bits per heavy atom. The van der Waals surface area contributed by atoms with E-state index < -0.39 is 5.60 Å². The van der Waals surface area contributed by atoms with Gasteiger partial charge in [0.2, 0.25) is 0 Å². The van der Waals surface area contributed by atoms with E-state index in [2.05, 4.69) is 10.3 Å². The summed E-state index contributed by atoms with van der Waals surface area (Å²) < 4.78 is 19.8. The minimum absolute atomic E-state index is 0.0879. The van der Waals surface area contributed by atoms with E-state index in [1.165, 1.54) is 0 Å². The summed E-state index contributed by atoms with van der Waals surface area (Å²) in [5.41, 5.74) is 0.179. The van der Waals surface area contributed by atoms with Crippen LogP contribution >= 0.6 is 0 Å². The van der Waals surface area contributed by atoms with Crippen LogP contribution in [-0.2, 0) is 6.54 Å². The van der Waals surface area contributed by atoms with Gasteiger partial charge >= 0.3 is 0 Å². The van der Waals surface area contributed by atoms with Gasteiger partial charge in [-0.15, -0.1) is 0 Å². The predicted octanol–water partition coefficient (Wildman–Crippen LogP) is 3.29. The highest BCUT2D eigenvalue weighted by Crippen LogP contribution is 2.23. The van der Waals surface area contributed by atoms with E-state index in [-0.39, 0.29) is 11.7 Å². The lowest BCUT2D eigenvalue weighted by Gasteiger charge is -2.24. The number of halogens is 1. The zero-order valence-corrected chi connectivity index (χ0v) is 11.9. The maximum absolute atomic E-state index is 14.2. The lowest BCUT2D eigenvalue weighted by atomic mass is 10.1. The summed E-state index contributed by atoms with van der Waals surface area (Å²) in [6.45, 7) is 10.4. The van der Waals surface area contributed by atoms with Gasteiger partial charge in [-0.05, 0) is 26.3 Å². The van der Waals surface area contributed by atoms with Crippen molar-refractivity contribution in [2.24, 2.45) is 0 Å². The summed E-state index contributed by atoms with van der Waals surface area (Å²) in [6.07, 6.45) is 2.38. The molecule has 0 saturated heterocycles. The molecule has 1 aromatic heterocycles. The largest absolute Gasteiger partial charge is 0.470 e. The van der Waals surface area contributed by atoms with E-state index in [9.17, 15) is 4.39 Å². The standard InChI is InChI=1S/C14H23FN2O/c1-6-14(4,5)18-13-12(15)11(7-8-16-13)9-17-10(2)3/h7-8,10,17H,6,9H2,1-5H3. The summed E-state index contributed by atoms with van der Waals surface area (Å²) >= 11 is 0. The van der Waals surface area contributed by atoms with Gasteiger partial charge in [0.1, 0.15) is 5.60 Å². The van der Waals surface area contributed by atoms with Gasteiger partial charge in [0.05, 0.1) is 0 Å².